The molecule has 0 bridgehead atoms. The quantitative estimate of drug-likeness (QED) is 0.0261. The van der Waals surface area contributed by atoms with E-state index in [1.165, 1.54) is 205 Å². The normalized spacial score (nSPS) is 19.8. The van der Waals surface area contributed by atoms with E-state index in [2.05, 4.69) is 55.6 Å². The fourth-order valence-electron chi connectivity index (χ4n) is 9.20. The lowest BCUT2D eigenvalue weighted by atomic mass is 9.99. The molecule has 0 radical (unpaired) electrons. The number of hydrogen-bond donors (Lipinski definition) is 6. The number of rotatable bonds is 50. The van der Waals surface area contributed by atoms with Gasteiger partial charge in [0.25, 0.3) is 0 Å². The predicted octanol–water partition coefficient (Wildman–Crippen LogP) is 14.5. The minimum absolute atomic E-state index is 0.186. The number of aliphatic hydroxyl groups is 5. The average Bonchev–Trinajstić information content (AvgIpc) is 3.35. The van der Waals surface area contributed by atoms with Gasteiger partial charge >= 0.3 is 0 Å². The maximum absolute atomic E-state index is 13.1. The van der Waals surface area contributed by atoms with E-state index in [0.29, 0.717) is 6.42 Å². The van der Waals surface area contributed by atoms with Crippen molar-refractivity contribution in [3.63, 3.8) is 0 Å². The van der Waals surface area contributed by atoms with Crippen molar-refractivity contribution in [1.82, 2.24) is 5.32 Å². The Morgan fingerprint density at radius 1 is 0.493 bits per heavy atom. The number of nitrogens with one attached hydrogen (secondary N) is 1. The van der Waals surface area contributed by atoms with Crippen molar-refractivity contribution in [1.29, 1.82) is 0 Å². The molecule has 404 valence electrons. The Morgan fingerprint density at radius 2 is 0.870 bits per heavy atom. The second kappa shape index (κ2) is 49.7. The second-order valence-electron chi connectivity index (χ2n) is 20.4. The minimum atomic E-state index is -1.57. The molecule has 0 spiro atoms. The molecule has 1 saturated heterocycles. The number of unbranched alkanes of at least 4 members (excludes halogenated alkanes) is 34. The molecule has 6 N–H and O–H groups in total. The Morgan fingerprint density at radius 3 is 1.30 bits per heavy atom. The number of amides is 1. The van der Waals surface area contributed by atoms with E-state index < -0.39 is 49.5 Å². The second-order valence-corrected chi connectivity index (χ2v) is 20.4. The van der Waals surface area contributed by atoms with Gasteiger partial charge in [-0.1, -0.05) is 249 Å². The first-order chi connectivity index (χ1) is 33.8. The first-order valence-electron chi connectivity index (χ1n) is 29.4. The summed E-state index contributed by atoms with van der Waals surface area (Å²) in [7, 11) is 0. The molecule has 1 aliphatic heterocycles. The Bertz CT molecular complexity index is 1220. The van der Waals surface area contributed by atoms with Gasteiger partial charge in [0.1, 0.15) is 24.4 Å². The van der Waals surface area contributed by atoms with Gasteiger partial charge < -0.3 is 40.3 Å². The van der Waals surface area contributed by atoms with E-state index in [9.17, 15) is 30.3 Å². The molecule has 1 rings (SSSR count). The van der Waals surface area contributed by atoms with Crippen molar-refractivity contribution in [3.8, 4) is 0 Å². The molecule has 7 atom stereocenters. The molecule has 1 amide bonds. The van der Waals surface area contributed by atoms with E-state index in [1.54, 1.807) is 6.08 Å². The number of allylic oxidation sites excluding steroid dienone is 7. The molecular formula is C60H111NO8. The molecule has 1 fully saturated rings. The molecule has 69 heavy (non-hydrogen) atoms. The van der Waals surface area contributed by atoms with Gasteiger partial charge in [0, 0.05) is 6.42 Å². The van der Waals surface area contributed by atoms with Gasteiger partial charge in [-0.2, -0.15) is 0 Å². The Labute approximate surface area is 424 Å². The van der Waals surface area contributed by atoms with Crippen LogP contribution in [0.2, 0.25) is 0 Å². The van der Waals surface area contributed by atoms with Crippen molar-refractivity contribution in [2.45, 2.75) is 314 Å². The Balaban J connectivity index is 2.24. The van der Waals surface area contributed by atoms with Crippen LogP contribution in [0.4, 0.5) is 0 Å². The maximum atomic E-state index is 13.1. The van der Waals surface area contributed by atoms with Crippen LogP contribution in [-0.2, 0) is 14.3 Å². The predicted molar refractivity (Wildman–Crippen MR) is 290 cm³/mol. The molecule has 7 unspecified atom stereocenters. The summed E-state index contributed by atoms with van der Waals surface area (Å²) in [5.74, 6) is -0.186. The first kappa shape index (κ1) is 65.2. The topological polar surface area (TPSA) is 149 Å². The highest BCUT2D eigenvalue weighted by molar-refractivity contribution is 5.76. The number of carbonyl (C=O) groups is 1. The van der Waals surface area contributed by atoms with Gasteiger partial charge in [0.05, 0.1) is 25.4 Å². The first-order valence-corrected chi connectivity index (χ1v) is 29.4. The number of ether oxygens (including phenoxy) is 2. The molecule has 0 aromatic rings. The van der Waals surface area contributed by atoms with Crippen molar-refractivity contribution in [2.24, 2.45) is 0 Å². The largest absolute Gasteiger partial charge is 0.394 e. The third-order valence-electron chi connectivity index (χ3n) is 13.9. The number of carbonyl (C=O) groups excluding carboxylic acids is 1. The highest BCUT2D eigenvalue weighted by Crippen LogP contribution is 2.23. The van der Waals surface area contributed by atoms with E-state index in [4.69, 9.17) is 9.47 Å². The van der Waals surface area contributed by atoms with Crippen LogP contribution in [0.5, 0.6) is 0 Å². The van der Waals surface area contributed by atoms with Crippen LogP contribution in [0, 0.1) is 0 Å². The van der Waals surface area contributed by atoms with Crippen LogP contribution in [-0.4, -0.2) is 87.5 Å². The molecule has 1 heterocycles. The fraction of sp³-hybridized carbons (Fsp3) is 0.850. The maximum Gasteiger partial charge on any atom is 0.220 e. The summed E-state index contributed by atoms with van der Waals surface area (Å²) in [5.41, 5.74) is 0. The van der Waals surface area contributed by atoms with Crippen LogP contribution >= 0.6 is 0 Å². The van der Waals surface area contributed by atoms with Crippen LogP contribution in [0.3, 0.4) is 0 Å². The average molecular weight is 975 g/mol. The van der Waals surface area contributed by atoms with E-state index in [0.717, 1.165) is 44.9 Å². The van der Waals surface area contributed by atoms with Gasteiger partial charge in [0.15, 0.2) is 6.29 Å². The van der Waals surface area contributed by atoms with Gasteiger partial charge in [0.2, 0.25) is 5.91 Å². The third-order valence-corrected chi connectivity index (χ3v) is 13.9. The lowest BCUT2D eigenvalue weighted by Gasteiger charge is -2.40. The van der Waals surface area contributed by atoms with Crippen LogP contribution in [0.1, 0.15) is 271 Å². The van der Waals surface area contributed by atoms with E-state index in [-0.39, 0.29) is 12.5 Å². The summed E-state index contributed by atoms with van der Waals surface area (Å²) in [6.45, 7) is 3.78. The van der Waals surface area contributed by atoms with Crippen LogP contribution in [0.25, 0.3) is 0 Å². The molecule has 0 saturated carbocycles. The molecule has 9 heteroatoms. The lowest BCUT2D eigenvalue weighted by Crippen LogP contribution is -2.60. The minimum Gasteiger partial charge on any atom is -0.394 e. The van der Waals surface area contributed by atoms with Crippen LogP contribution < -0.4 is 5.32 Å². The number of aliphatic hydroxyl groups excluding tert-OH is 5. The highest BCUT2D eigenvalue weighted by Gasteiger charge is 2.44. The Hall–Kier alpha value is -1.85. The zero-order chi connectivity index (χ0) is 50.1. The SMILES string of the molecule is CCCCCCC/C=C\C/C=C\CCCCCCCCCCCCCCCC(=O)NC(COC1OC(CO)C(O)C(O)C1O)C(O)/C=C/CC/C=C/CCCCCCCCCCCCCCCCC. The summed E-state index contributed by atoms with van der Waals surface area (Å²) in [4.78, 5) is 13.1. The number of hydrogen-bond acceptors (Lipinski definition) is 8. The zero-order valence-electron chi connectivity index (χ0n) is 44.8. The molecule has 1 aliphatic rings. The summed E-state index contributed by atoms with van der Waals surface area (Å²) in [6.07, 6.45) is 58.9. The van der Waals surface area contributed by atoms with Gasteiger partial charge in [-0.3, -0.25) is 4.79 Å². The monoisotopic (exact) mass is 974 g/mol. The van der Waals surface area contributed by atoms with E-state index in [1.807, 2.05) is 6.08 Å². The van der Waals surface area contributed by atoms with Crippen molar-refractivity contribution in [2.75, 3.05) is 13.2 Å². The fourth-order valence-corrected chi connectivity index (χ4v) is 9.20. The standard InChI is InChI=1S/C60H111NO8/c1-3-5-7-9-11-13-15-17-19-21-23-25-26-27-28-30-32-34-36-38-40-42-44-46-48-50-56(64)61-53(52-68-60-59(67)58(66)57(65)55(51-62)69-60)54(63)49-47-45-43-41-39-37-35-33-31-29-24-22-20-18-16-14-12-10-8-6-4-2/h15,17,21,23,39,41,47,49,53-55,57-60,62-63,65-67H,3-14,16,18-20,22,24-38,40,42-46,48,50-52H2,1-2H3,(H,61,64)/b17-15-,23-21-,41-39+,49-47+. The summed E-state index contributed by atoms with van der Waals surface area (Å²) in [5, 5.41) is 54.5. The van der Waals surface area contributed by atoms with E-state index >= 15 is 0 Å². The van der Waals surface area contributed by atoms with Gasteiger partial charge in [-0.25, -0.2) is 0 Å². The van der Waals surface area contributed by atoms with Crippen LogP contribution in [0.15, 0.2) is 48.6 Å². The summed E-state index contributed by atoms with van der Waals surface area (Å²) < 4.78 is 11.3. The molecule has 0 aromatic heterocycles. The smallest absolute Gasteiger partial charge is 0.220 e. The molecule has 0 aromatic carbocycles. The van der Waals surface area contributed by atoms with Gasteiger partial charge in [-0.15, -0.1) is 0 Å². The van der Waals surface area contributed by atoms with Gasteiger partial charge in [-0.05, 0) is 64.2 Å². The van der Waals surface area contributed by atoms with Crippen molar-refractivity contribution >= 4 is 5.91 Å². The summed E-state index contributed by atoms with van der Waals surface area (Å²) in [6, 6.07) is -0.823. The molecule has 9 nitrogen and oxygen atoms in total. The highest BCUT2D eigenvalue weighted by atomic mass is 16.7. The third kappa shape index (κ3) is 39.4. The zero-order valence-corrected chi connectivity index (χ0v) is 44.8. The molecular weight excluding hydrogens is 863 g/mol. The van der Waals surface area contributed by atoms with Crippen molar-refractivity contribution in [3.05, 3.63) is 48.6 Å². The lowest BCUT2D eigenvalue weighted by molar-refractivity contribution is -0.302. The summed E-state index contributed by atoms with van der Waals surface area (Å²) >= 11 is 0. The van der Waals surface area contributed by atoms with Crippen molar-refractivity contribution < 1.29 is 39.8 Å². The Kier molecular flexibility index (Phi) is 47.0. The molecule has 0 aliphatic carbocycles.